The van der Waals surface area contributed by atoms with E-state index in [1.807, 2.05) is 24.3 Å². The van der Waals surface area contributed by atoms with E-state index < -0.39 is 0 Å². The lowest BCUT2D eigenvalue weighted by Crippen LogP contribution is -2.23. The summed E-state index contributed by atoms with van der Waals surface area (Å²) < 4.78 is 7.25. The summed E-state index contributed by atoms with van der Waals surface area (Å²) in [6.07, 6.45) is 5.47. The molecule has 1 aliphatic heterocycles. The maximum absolute atomic E-state index is 13.6. The maximum atomic E-state index is 13.6. The minimum Gasteiger partial charge on any atom is -0.376 e. The van der Waals surface area contributed by atoms with E-state index in [-0.39, 0.29) is 11.7 Å². The number of ether oxygens (including phenoxy) is 1. The quantitative estimate of drug-likeness (QED) is 0.504. The molecule has 0 amide bonds. The van der Waals surface area contributed by atoms with Crippen LogP contribution in [0.15, 0.2) is 29.1 Å². The van der Waals surface area contributed by atoms with Gasteiger partial charge in [-0.25, -0.2) is 4.98 Å². The first-order valence-electron chi connectivity index (χ1n) is 10.8. The number of aromatic nitrogens is 3. The van der Waals surface area contributed by atoms with Crippen LogP contribution in [0.2, 0.25) is 0 Å². The zero-order valence-electron chi connectivity index (χ0n) is 17.0. The zero-order chi connectivity index (χ0) is 20.2. The highest BCUT2D eigenvalue weighted by Crippen LogP contribution is 2.36. The summed E-state index contributed by atoms with van der Waals surface area (Å²) >= 11 is 1.69. The number of nitrogens with one attached hydrogen (secondary N) is 1. The fraction of sp³-hybridized carbons (Fsp3) is 0.435. The van der Waals surface area contributed by atoms with Gasteiger partial charge in [0.15, 0.2) is 11.5 Å². The average Bonchev–Trinajstić information content (AvgIpc) is 3.39. The number of rotatable bonds is 3. The number of anilines is 1. The topological polar surface area (TPSA) is 68.5 Å². The minimum absolute atomic E-state index is 0.0482. The molecule has 7 heteroatoms. The fourth-order valence-corrected chi connectivity index (χ4v) is 6.21. The van der Waals surface area contributed by atoms with Gasteiger partial charge in [0, 0.05) is 28.8 Å². The van der Waals surface area contributed by atoms with Gasteiger partial charge in [0.25, 0.3) is 5.56 Å². The Labute approximate surface area is 177 Å². The molecule has 1 N–H and O–H groups in total. The summed E-state index contributed by atoms with van der Waals surface area (Å²) in [6, 6.07) is 8.05. The fourth-order valence-electron chi connectivity index (χ4n) is 4.83. The highest BCUT2D eigenvalue weighted by Gasteiger charge is 2.25. The lowest BCUT2D eigenvalue weighted by molar-refractivity contribution is 0.120. The number of hydrogen-bond acceptors (Lipinski definition) is 6. The Morgan fingerprint density at radius 3 is 2.97 bits per heavy atom. The largest absolute Gasteiger partial charge is 0.376 e. The van der Waals surface area contributed by atoms with Crippen molar-refractivity contribution in [2.75, 3.05) is 18.5 Å². The van der Waals surface area contributed by atoms with Crippen LogP contribution >= 0.6 is 11.3 Å². The van der Waals surface area contributed by atoms with Crippen molar-refractivity contribution in [3.05, 3.63) is 45.1 Å². The van der Waals surface area contributed by atoms with E-state index in [0.29, 0.717) is 18.1 Å². The van der Waals surface area contributed by atoms with Crippen molar-refractivity contribution in [1.82, 2.24) is 14.6 Å². The molecule has 0 bridgehead atoms. The SMILES string of the molecule is C[C@H]1CCc2c(sc3nc4c5ccccc5c(NC[C@H]5CCCO5)nn4c(=O)c23)C1. The molecule has 0 radical (unpaired) electrons. The van der Waals surface area contributed by atoms with Crippen LogP contribution in [-0.4, -0.2) is 33.9 Å². The first-order chi connectivity index (χ1) is 14.7. The van der Waals surface area contributed by atoms with Crippen LogP contribution in [0.1, 0.15) is 36.6 Å². The van der Waals surface area contributed by atoms with E-state index in [1.165, 1.54) is 15.0 Å². The number of fused-ring (bicyclic) bond motifs is 6. The van der Waals surface area contributed by atoms with Crippen LogP contribution < -0.4 is 10.9 Å². The van der Waals surface area contributed by atoms with Gasteiger partial charge in [-0.05, 0) is 43.6 Å². The molecule has 1 fully saturated rings. The number of nitrogens with zero attached hydrogens (tertiary/aromatic N) is 3. The average molecular weight is 421 g/mol. The van der Waals surface area contributed by atoms with Crippen molar-refractivity contribution in [3.8, 4) is 0 Å². The molecule has 4 heterocycles. The molecule has 0 spiro atoms. The third kappa shape index (κ3) is 2.83. The summed E-state index contributed by atoms with van der Waals surface area (Å²) in [6.45, 7) is 3.80. The molecule has 6 rings (SSSR count). The van der Waals surface area contributed by atoms with Crippen molar-refractivity contribution in [1.29, 1.82) is 0 Å². The second kappa shape index (κ2) is 7.03. The standard InChI is InChI=1S/C23H24N4O2S/c1-13-8-9-17-18(11-13)30-22-19(17)23(28)27-21(25-22)16-7-3-2-6-15(16)20(26-27)24-12-14-5-4-10-29-14/h2-3,6-7,13-14H,4-5,8-12H2,1H3,(H,24,26)/t13-,14+/m0/s1. The molecule has 1 saturated heterocycles. The van der Waals surface area contributed by atoms with Gasteiger partial charge in [-0.3, -0.25) is 4.79 Å². The van der Waals surface area contributed by atoms with Crippen LogP contribution in [-0.2, 0) is 17.6 Å². The summed E-state index contributed by atoms with van der Waals surface area (Å²) in [7, 11) is 0. The molecule has 6 nitrogen and oxygen atoms in total. The van der Waals surface area contributed by atoms with Crippen molar-refractivity contribution >= 4 is 43.8 Å². The molecular formula is C23H24N4O2S. The zero-order valence-corrected chi connectivity index (χ0v) is 17.8. The molecule has 2 atom stereocenters. The van der Waals surface area contributed by atoms with Crippen LogP contribution in [0.3, 0.4) is 0 Å². The van der Waals surface area contributed by atoms with E-state index >= 15 is 0 Å². The number of thiophene rings is 1. The van der Waals surface area contributed by atoms with Crippen LogP contribution in [0, 0.1) is 5.92 Å². The van der Waals surface area contributed by atoms with Gasteiger partial charge in [0.1, 0.15) is 4.83 Å². The van der Waals surface area contributed by atoms with Gasteiger partial charge in [-0.1, -0.05) is 31.2 Å². The van der Waals surface area contributed by atoms with Gasteiger partial charge in [-0.15, -0.1) is 16.4 Å². The van der Waals surface area contributed by atoms with Crippen LogP contribution in [0.25, 0.3) is 26.6 Å². The van der Waals surface area contributed by atoms with Gasteiger partial charge in [-0.2, -0.15) is 4.52 Å². The Balaban J connectivity index is 1.57. The third-order valence-electron chi connectivity index (χ3n) is 6.45. The van der Waals surface area contributed by atoms with Gasteiger partial charge >= 0.3 is 0 Å². The molecule has 0 unspecified atom stereocenters. The van der Waals surface area contributed by atoms with Crippen molar-refractivity contribution in [3.63, 3.8) is 0 Å². The van der Waals surface area contributed by atoms with E-state index in [9.17, 15) is 4.79 Å². The summed E-state index contributed by atoms with van der Waals surface area (Å²) in [4.78, 5) is 20.7. The summed E-state index contributed by atoms with van der Waals surface area (Å²) in [5.41, 5.74) is 1.79. The molecule has 1 aromatic carbocycles. The predicted molar refractivity (Wildman–Crippen MR) is 121 cm³/mol. The van der Waals surface area contributed by atoms with Gasteiger partial charge in [0.2, 0.25) is 0 Å². The van der Waals surface area contributed by atoms with E-state index in [4.69, 9.17) is 14.8 Å². The molecule has 30 heavy (non-hydrogen) atoms. The molecule has 154 valence electrons. The lowest BCUT2D eigenvalue weighted by atomic mass is 9.89. The highest BCUT2D eigenvalue weighted by atomic mass is 32.1. The van der Waals surface area contributed by atoms with E-state index in [1.54, 1.807) is 11.3 Å². The monoisotopic (exact) mass is 420 g/mol. The lowest BCUT2D eigenvalue weighted by Gasteiger charge is -2.17. The first-order valence-corrected chi connectivity index (χ1v) is 11.6. The molecule has 3 aromatic heterocycles. The molecular weight excluding hydrogens is 396 g/mol. The molecule has 2 aliphatic rings. The number of hydrogen-bond donors (Lipinski definition) is 1. The smallest absolute Gasteiger partial charge is 0.283 e. The van der Waals surface area contributed by atoms with E-state index in [0.717, 1.165) is 65.5 Å². The van der Waals surface area contributed by atoms with Gasteiger partial charge in [0.05, 0.1) is 11.5 Å². The Morgan fingerprint density at radius 1 is 1.27 bits per heavy atom. The summed E-state index contributed by atoms with van der Waals surface area (Å²) in [5, 5.41) is 10.9. The highest BCUT2D eigenvalue weighted by molar-refractivity contribution is 7.18. The molecule has 4 aromatic rings. The Bertz CT molecular complexity index is 1340. The number of benzene rings is 1. The maximum Gasteiger partial charge on any atom is 0.283 e. The summed E-state index contributed by atoms with van der Waals surface area (Å²) in [5.74, 6) is 1.38. The van der Waals surface area contributed by atoms with Crippen molar-refractivity contribution in [2.45, 2.75) is 45.1 Å². The first kappa shape index (κ1) is 18.3. The Morgan fingerprint density at radius 2 is 2.13 bits per heavy atom. The molecule has 1 aliphatic carbocycles. The Kier molecular flexibility index (Phi) is 4.28. The number of aryl methyl sites for hydroxylation is 1. The van der Waals surface area contributed by atoms with E-state index in [2.05, 4.69) is 12.2 Å². The second-order valence-corrected chi connectivity index (χ2v) is 9.68. The van der Waals surface area contributed by atoms with Gasteiger partial charge < -0.3 is 10.1 Å². The normalized spacial score (nSPS) is 21.5. The van der Waals surface area contributed by atoms with Crippen LogP contribution in [0.5, 0.6) is 0 Å². The van der Waals surface area contributed by atoms with Crippen molar-refractivity contribution in [2.24, 2.45) is 5.92 Å². The molecule has 0 saturated carbocycles. The predicted octanol–water partition coefficient (Wildman–Crippen LogP) is 4.17. The second-order valence-electron chi connectivity index (χ2n) is 8.59. The third-order valence-corrected chi connectivity index (χ3v) is 7.60. The van der Waals surface area contributed by atoms with Crippen LogP contribution in [0.4, 0.5) is 5.82 Å². The van der Waals surface area contributed by atoms with Crippen molar-refractivity contribution < 1.29 is 4.74 Å². The Hall–Kier alpha value is -2.51. The minimum atomic E-state index is -0.0482.